The van der Waals surface area contributed by atoms with Crippen LogP contribution in [0.1, 0.15) is 101 Å². The molecule has 0 spiro atoms. The van der Waals surface area contributed by atoms with Gasteiger partial charge in [0.15, 0.2) is 12.6 Å². The molecule has 0 saturated carbocycles. The molecule has 75 heavy (non-hydrogen) atoms. The molecule has 1 aromatic carbocycles. The van der Waals surface area contributed by atoms with Gasteiger partial charge in [0.05, 0.1) is 65.2 Å². The Hall–Kier alpha value is -3.47. The van der Waals surface area contributed by atoms with Gasteiger partial charge in [0.2, 0.25) is 10.0 Å². The lowest BCUT2D eigenvalue weighted by molar-refractivity contribution is -0.318. The van der Waals surface area contributed by atoms with E-state index in [-0.39, 0.29) is 43.2 Å². The molecule has 4 saturated heterocycles. The maximum atomic E-state index is 14.5. The number of nitrogens with two attached hydrogens (primary N) is 1. The molecule has 426 valence electrons. The SMILES string of the molecule is CC[C@H]1OC(=O)[C@H](C)[C@@H](O[C@H]2C[C@@](C)(OC)[C@@H](O)[C@H](C)O2)[C@H](C)[C@@H](OC2O[C@H](C)C[C@H](N(C)CCc3cn(C[C@H]4CN(c5ccc(S(N)(=O)=O)cc5)C(=O)O4)nn3)[C@H]2O)[C@](C)(O)C[C@@H](C)CN(C)[C@H](C)[C@@H](O)[C@]1(C)O. The van der Waals surface area contributed by atoms with Crippen molar-refractivity contribution in [2.75, 3.05) is 45.7 Å². The van der Waals surface area contributed by atoms with Gasteiger partial charge in [-0.05, 0) is 112 Å². The predicted molar refractivity (Wildman–Crippen MR) is 272 cm³/mol. The monoisotopic (exact) mass is 1080 g/mol. The van der Waals surface area contributed by atoms with Gasteiger partial charge in [0.25, 0.3) is 0 Å². The van der Waals surface area contributed by atoms with E-state index in [9.17, 15) is 43.5 Å². The Kier molecular flexibility index (Phi) is 19.7. The van der Waals surface area contributed by atoms with Gasteiger partial charge in [-0.2, -0.15) is 0 Å². The molecule has 0 bridgehead atoms. The van der Waals surface area contributed by atoms with E-state index >= 15 is 0 Å². The molecule has 1 unspecified atom stereocenters. The van der Waals surface area contributed by atoms with Gasteiger partial charge in [-0.1, -0.05) is 26.0 Å². The van der Waals surface area contributed by atoms with Crippen molar-refractivity contribution in [3.63, 3.8) is 0 Å². The number of nitrogens with zero attached hydrogens (tertiary/aromatic N) is 6. The zero-order valence-corrected chi connectivity index (χ0v) is 46.7. The zero-order chi connectivity index (χ0) is 55.7. The first-order valence-electron chi connectivity index (χ1n) is 26.2. The fourth-order valence-corrected chi connectivity index (χ4v) is 12.0. The van der Waals surface area contributed by atoms with Gasteiger partial charge in [-0.3, -0.25) is 9.69 Å². The zero-order valence-electron chi connectivity index (χ0n) is 45.9. The molecule has 5 heterocycles. The second-order valence-corrected chi connectivity index (χ2v) is 24.1. The molecule has 23 nitrogen and oxygen atoms in total. The van der Waals surface area contributed by atoms with Crippen molar-refractivity contribution in [2.24, 2.45) is 22.9 Å². The van der Waals surface area contributed by atoms with Gasteiger partial charge in [0.1, 0.15) is 36.1 Å². The molecule has 2 aromatic rings. The number of primary sulfonamides is 1. The van der Waals surface area contributed by atoms with Crippen LogP contribution in [0.4, 0.5) is 10.5 Å². The van der Waals surface area contributed by atoms with E-state index < -0.39 is 130 Å². The second-order valence-electron chi connectivity index (χ2n) is 22.5. The van der Waals surface area contributed by atoms with Crippen LogP contribution in [0.5, 0.6) is 0 Å². The van der Waals surface area contributed by atoms with Crippen LogP contribution in [-0.2, 0) is 60.9 Å². The van der Waals surface area contributed by atoms with Gasteiger partial charge < -0.3 is 68.5 Å². The summed E-state index contributed by atoms with van der Waals surface area (Å²) in [5, 5.41) is 73.6. The summed E-state index contributed by atoms with van der Waals surface area (Å²) in [6, 6.07) is 4.53. The number of rotatable bonds is 14. The predicted octanol–water partition coefficient (Wildman–Crippen LogP) is 1.78. The lowest BCUT2D eigenvalue weighted by Gasteiger charge is -2.49. The quantitative estimate of drug-likeness (QED) is 0.147. The van der Waals surface area contributed by atoms with Crippen LogP contribution in [0.15, 0.2) is 35.4 Å². The summed E-state index contributed by atoms with van der Waals surface area (Å²) in [6.07, 6.45) is -8.51. The molecule has 0 radical (unpaired) electrons. The van der Waals surface area contributed by atoms with Gasteiger partial charge in [-0.15, -0.1) is 5.10 Å². The highest BCUT2D eigenvalue weighted by Gasteiger charge is 2.53. The minimum absolute atomic E-state index is 0.0762. The number of amides is 1. The van der Waals surface area contributed by atoms with E-state index in [0.717, 1.165) is 0 Å². The third-order valence-electron chi connectivity index (χ3n) is 16.2. The summed E-state index contributed by atoms with van der Waals surface area (Å²) in [7, 11) is 1.28. The standard InChI is InChI=1S/C51H85N7O16S/c1-14-39-51(10,65)43(60)32(6)56(12)24-28(2)22-49(8,64)45(30(4)42(31(5)46(62)72-39)73-40-23-50(9,68-13)44(61)33(7)70-40)74-47-41(59)38(21-29(3)69-47)55(11)20-19-34-25-57(54-53-34)26-36-27-58(48(63)71-36)35-15-17-37(18-16-35)75(52,66)67/h15-18,25,28-33,36,38-45,47,59-61,64-65H,14,19-24,26-27H2,1-13H3,(H2,52,66,67)/t28-,29-,30+,31-,32-,33+,36+,38+,39-,40+,41-,42+,43-,44+,45-,47?,49-,50-,51-/m1/s1. The number of aromatic nitrogens is 3. The topological polar surface area (TPSA) is 300 Å². The number of aliphatic hydroxyl groups excluding tert-OH is 3. The molecular weight excluding hydrogens is 999 g/mol. The van der Waals surface area contributed by atoms with Crippen LogP contribution in [0.25, 0.3) is 0 Å². The third kappa shape index (κ3) is 14.1. The number of hydrogen-bond donors (Lipinski definition) is 6. The fraction of sp³-hybridized carbons (Fsp3) is 0.804. The molecule has 7 N–H and O–H groups in total. The van der Waals surface area contributed by atoms with Crippen molar-refractivity contribution >= 4 is 27.8 Å². The summed E-state index contributed by atoms with van der Waals surface area (Å²) < 4.78 is 68.8. The summed E-state index contributed by atoms with van der Waals surface area (Å²) in [5.74, 6) is -2.91. The van der Waals surface area contributed by atoms with Crippen molar-refractivity contribution in [2.45, 2.75) is 209 Å². The van der Waals surface area contributed by atoms with Gasteiger partial charge >= 0.3 is 12.1 Å². The Balaban J connectivity index is 1.22. The van der Waals surface area contributed by atoms with E-state index in [1.807, 2.05) is 37.7 Å². The Bertz CT molecular complexity index is 2330. The molecule has 4 fully saturated rings. The average Bonchev–Trinajstić information content (AvgIpc) is 3.96. The van der Waals surface area contributed by atoms with Crippen LogP contribution < -0.4 is 10.0 Å². The first kappa shape index (κ1) is 60.8. The van der Waals surface area contributed by atoms with Crippen LogP contribution in [-0.4, -0.2) is 208 Å². The Morgan fingerprint density at radius 2 is 1.60 bits per heavy atom. The molecular formula is C51H85N7O16S. The maximum Gasteiger partial charge on any atom is 0.414 e. The van der Waals surface area contributed by atoms with Crippen LogP contribution in [0.2, 0.25) is 0 Å². The number of ether oxygens (including phenoxy) is 7. The normalized spacial score (nSPS) is 40.2. The minimum atomic E-state index is -3.90. The van der Waals surface area contributed by atoms with E-state index in [2.05, 4.69) is 10.3 Å². The van der Waals surface area contributed by atoms with E-state index in [0.29, 0.717) is 37.3 Å². The maximum absolute atomic E-state index is 14.5. The van der Waals surface area contributed by atoms with Crippen molar-refractivity contribution in [3.8, 4) is 0 Å². The van der Waals surface area contributed by atoms with E-state index in [4.69, 9.17) is 38.3 Å². The van der Waals surface area contributed by atoms with Crippen molar-refractivity contribution in [1.29, 1.82) is 0 Å². The molecule has 6 rings (SSSR count). The van der Waals surface area contributed by atoms with Crippen LogP contribution in [0.3, 0.4) is 0 Å². The highest BCUT2D eigenvalue weighted by Crippen LogP contribution is 2.40. The van der Waals surface area contributed by atoms with Crippen molar-refractivity contribution in [1.82, 2.24) is 24.8 Å². The number of hydrogen-bond acceptors (Lipinski definition) is 20. The molecule has 1 aromatic heterocycles. The lowest BCUT2D eigenvalue weighted by Crippen LogP contribution is -2.61. The second kappa shape index (κ2) is 24.3. The first-order chi connectivity index (χ1) is 34.9. The largest absolute Gasteiger partial charge is 0.459 e. The third-order valence-corrected chi connectivity index (χ3v) is 17.1. The van der Waals surface area contributed by atoms with Crippen molar-refractivity contribution in [3.05, 3.63) is 36.2 Å². The van der Waals surface area contributed by atoms with Crippen LogP contribution >= 0.6 is 0 Å². The smallest absolute Gasteiger partial charge is 0.414 e. The number of aliphatic hydroxyl groups is 5. The number of benzene rings is 1. The number of anilines is 1. The number of likely N-dealkylation sites (N-methyl/N-ethyl adjacent to an activating group) is 2. The molecule has 4 aliphatic rings. The highest BCUT2D eigenvalue weighted by molar-refractivity contribution is 7.89. The number of carbonyl (C=O) groups excluding carboxylic acids is 2. The number of cyclic esters (lactones) is 2. The Morgan fingerprint density at radius 3 is 2.23 bits per heavy atom. The van der Waals surface area contributed by atoms with Crippen molar-refractivity contribution < 1.29 is 76.7 Å². The summed E-state index contributed by atoms with van der Waals surface area (Å²) in [6.45, 7) is 18.6. The van der Waals surface area contributed by atoms with Crippen LogP contribution in [0, 0.1) is 17.8 Å². The molecule has 24 heteroatoms. The molecule has 4 aliphatic heterocycles. The average molecular weight is 1080 g/mol. The summed E-state index contributed by atoms with van der Waals surface area (Å²) >= 11 is 0. The van der Waals surface area contributed by atoms with E-state index in [1.165, 1.54) is 43.2 Å². The lowest BCUT2D eigenvalue weighted by atomic mass is 9.77. The summed E-state index contributed by atoms with van der Waals surface area (Å²) in [5.41, 5.74) is -3.51. The Morgan fingerprint density at radius 1 is 0.933 bits per heavy atom. The summed E-state index contributed by atoms with van der Waals surface area (Å²) in [4.78, 5) is 32.5. The number of carbonyl (C=O) groups is 2. The van der Waals surface area contributed by atoms with Gasteiger partial charge in [0, 0.05) is 62.9 Å². The molecule has 1 amide bonds. The number of esters is 1. The Labute approximate surface area is 441 Å². The fourth-order valence-electron chi connectivity index (χ4n) is 11.5. The molecule has 0 aliphatic carbocycles. The van der Waals surface area contributed by atoms with E-state index in [1.54, 1.807) is 59.3 Å². The first-order valence-corrected chi connectivity index (χ1v) is 27.7. The minimum Gasteiger partial charge on any atom is -0.459 e. The number of methoxy groups -OCH3 is 1. The molecule has 19 atom stereocenters. The van der Waals surface area contributed by atoms with Gasteiger partial charge in [-0.25, -0.2) is 23.0 Å². The highest BCUT2D eigenvalue weighted by atomic mass is 32.2. The number of sulfonamides is 1.